The van der Waals surface area contributed by atoms with Gasteiger partial charge >= 0.3 is 5.69 Å². The highest BCUT2D eigenvalue weighted by atomic mass is 32.1. The summed E-state index contributed by atoms with van der Waals surface area (Å²) in [6, 6.07) is 6.19. The Morgan fingerprint density at radius 1 is 1.24 bits per heavy atom. The number of aliphatic hydroxyl groups is 1. The van der Waals surface area contributed by atoms with Crippen LogP contribution in [-0.4, -0.2) is 90.8 Å². The molecule has 2 fully saturated rings. The summed E-state index contributed by atoms with van der Waals surface area (Å²) in [6.45, 7) is 7.48. The summed E-state index contributed by atoms with van der Waals surface area (Å²) in [4.78, 5) is 40.7. The van der Waals surface area contributed by atoms with Gasteiger partial charge in [0, 0.05) is 50.4 Å². The molecular weight excluding hydrogens is 492 g/mol. The second kappa shape index (κ2) is 9.61. The second-order valence-corrected chi connectivity index (χ2v) is 10.5. The molecule has 0 atom stereocenters. The molecule has 0 bridgehead atoms. The lowest BCUT2D eigenvalue weighted by Gasteiger charge is -2.34. The van der Waals surface area contributed by atoms with E-state index >= 15 is 0 Å². The van der Waals surface area contributed by atoms with Gasteiger partial charge in [-0.25, -0.2) is 9.78 Å². The molecule has 1 aliphatic heterocycles. The number of hydrogen-bond donors (Lipinski definition) is 4. The molecule has 6 rings (SSSR count). The number of amides is 1. The van der Waals surface area contributed by atoms with E-state index in [0.29, 0.717) is 46.9 Å². The first-order valence-electron chi connectivity index (χ1n) is 12.4. The van der Waals surface area contributed by atoms with E-state index in [1.54, 1.807) is 16.8 Å². The van der Waals surface area contributed by atoms with Crippen molar-refractivity contribution < 1.29 is 9.90 Å². The maximum Gasteiger partial charge on any atom is 0.323 e. The Hall–Kier alpha value is -3.74. The minimum atomic E-state index is -0.317. The third-order valence-corrected chi connectivity index (χ3v) is 7.81. The Bertz CT molecular complexity index is 1620. The van der Waals surface area contributed by atoms with E-state index in [4.69, 9.17) is 10.1 Å². The van der Waals surface area contributed by atoms with E-state index in [-0.39, 0.29) is 18.2 Å². The second-order valence-electron chi connectivity index (χ2n) is 9.42. The normalized spacial score (nSPS) is 17.1. The smallest absolute Gasteiger partial charge is 0.323 e. The average molecular weight is 521 g/mol. The van der Waals surface area contributed by atoms with Gasteiger partial charge in [-0.1, -0.05) is 6.58 Å². The van der Waals surface area contributed by atoms with Crippen molar-refractivity contribution in [2.75, 3.05) is 44.6 Å². The molecule has 2 aliphatic rings. The number of fused-ring (bicyclic) bond motifs is 1. The minimum absolute atomic E-state index is 0.0232. The number of imidazole rings is 1. The van der Waals surface area contributed by atoms with Gasteiger partial charge < -0.3 is 25.3 Å². The van der Waals surface area contributed by atoms with Crippen LogP contribution in [0.3, 0.4) is 0 Å². The summed E-state index contributed by atoms with van der Waals surface area (Å²) in [7, 11) is 0. The fourth-order valence-electron chi connectivity index (χ4n) is 4.52. The molecule has 4 aromatic rings. The topological polar surface area (TPSA) is 135 Å². The number of rotatable bonds is 7. The molecule has 0 aromatic carbocycles. The van der Waals surface area contributed by atoms with Crippen molar-refractivity contribution in [3.8, 4) is 10.6 Å². The highest BCUT2D eigenvalue weighted by molar-refractivity contribution is 7.17. The monoisotopic (exact) mass is 520 g/mol. The molecule has 0 spiro atoms. The zero-order valence-electron chi connectivity index (χ0n) is 20.2. The molecular formula is C25H28N8O3S. The largest absolute Gasteiger partial charge is 0.395 e. The number of aromatic nitrogens is 5. The molecule has 12 heteroatoms. The number of thiophene rings is 1. The number of carbonyl (C=O) groups excluding carboxylic acids is 1. The molecule has 11 nitrogen and oxygen atoms in total. The summed E-state index contributed by atoms with van der Waals surface area (Å²) in [5.41, 5.74) is 1.82. The zero-order chi connectivity index (χ0) is 25.5. The van der Waals surface area contributed by atoms with Crippen LogP contribution < -0.4 is 21.7 Å². The molecule has 1 amide bonds. The van der Waals surface area contributed by atoms with Gasteiger partial charge in [0.1, 0.15) is 5.82 Å². The van der Waals surface area contributed by atoms with Crippen LogP contribution in [0.4, 0.5) is 5.82 Å². The Morgan fingerprint density at radius 2 is 2.05 bits per heavy atom. The van der Waals surface area contributed by atoms with Crippen LogP contribution in [0.2, 0.25) is 0 Å². The van der Waals surface area contributed by atoms with Crippen molar-refractivity contribution in [1.29, 1.82) is 0 Å². The van der Waals surface area contributed by atoms with Crippen molar-refractivity contribution in [2.24, 2.45) is 0 Å². The highest BCUT2D eigenvalue weighted by Crippen LogP contribution is 2.32. The standard InChI is InChI=1S/C25H28N8O3S/c1-15-18(30-25(36)27-15)12-16-14-26-33-22(28-17-2-3-17)13-19(29-23(16)33)20-4-5-21(37-20)24(35)32-8-6-31(7-9-32)10-11-34/h4-5,12-14,17,28,34H,1-3,6-11H2,(H2,27,30,36)/b18-12-. The molecule has 5 heterocycles. The molecule has 0 radical (unpaired) electrons. The van der Waals surface area contributed by atoms with Crippen molar-refractivity contribution in [2.45, 2.75) is 18.9 Å². The molecule has 4 aromatic heterocycles. The van der Waals surface area contributed by atoms with Gasteiger partial charge in [0.2, 0.25) is 0 Å². The maximum absolute atomic E-state index is 13.2. The number of carbonyl (C=O) groups is 1. The molecule has 192 valence electrons. The van der Waals surface area contributed by atoms with Crippen LogP contribution in [0.25, 0.3) is 28.9 Å². The molecule has 0 unspecified atom stereocenters. The predicted molar refractivity (Wildman–Crippen MR) is 142 cm³/mol. The summed E-state index contributed by atoms with van der Waals surface area (Å²) >= 11 is 1.43. The van der Waals surface area contributed by atoms with Gasteiger partial charge in [-0.2, -0.15) is 9.61 Å². The number of aliphatic hydroxyl groups excluding tert-OH is 1. The number of anilines is 1. The minimum Gasteiger partial charge on any atom is -0.395 e. The van der Waals surface area contributed by atoms with Gasteiger partial charge in [-0.05, 0) is 31.1 Å². The van der Waals surface area contributed by atoms with E-state index in [9.17, 15) is 9.59 Å². The zero-order valence-corrected chi connectivity index (χ0v) is 21.1. The quantitative estimate of drug-likeness (QED) is 0.270. The van der Waals surface area contributed by atoms with Gasteiger partial charge in [0.15, 0.2) is 5.65 Å². The lowest BCUT2D eigenvalue weighted by Crippen LogP contribution is -2.49. The first-order valence-corrected chi connectivity index (χ1v) is 13.2. The molecule has 1 aliphatic carbocycles. The van der Waals surface area contributed by atoms with Gasteiger partial charge in [-0.15, -0.1) is 11.3 Å². The van der Waals surface area contributed by atoms with Crippen LogP contribution in [0, 0.1) is 0 Å². The first kappa shape index (κ1) is 23.6. The number of H-pyrrole nitrogens is 2. The SMILES string of the molecule is C=c1[nH]c(=O)[nH]/c1=C\c1cnn2c(NC3CC3)cc(-c3ccc(C(=O)N4CCN(CCO)CC4)s3)nc12. The van der Waals surface area contributed by atoms with Crippen LogP contribution in [-0.2, 0) is 0 Å². The Kier molecular flexibility index (Phi) is 6.14. The number of nitrogens with zero attached hydrogens (tertiary/aromatic N) is 5. The number of aromatic amines is 2. The number of hydrogen-bond acceptors (Lipinski definition) is 8. The number of nitrogens with one attached hydrogen (secondary N) is 3. The molecule has 4 N–H and O–H groups in total. The lowest BCUT2D eigenvalue weighted by molar-refractivity contribution is 0.0619. The molecule has 37 heavy (non-hydrogen) atoms. The van der Waals surface area contributed by atoms with Crippen molar-refractivity contribution >= 4 is 41.4 Å². The lowest BCUT2D eigenvalue weighted by atomic mass is 10.2. The molecule has 1 saturated heterocycles. The van der Waals surface area contributed by atoms with Gasteiger partial charge in [-0.3, -0.25) is 9.69 Å². The highest BCUT2D eigenvalue weighted by Gasteiger charge is 2.25. The Labute approximate surface area is 215 Å². The van der Waals surface area contributed by atoms with Crippen LogP contribution in [0.15, 0.2) is 29.2 Å². The van der Waals surface area contributed by atoms with Gasteiger partial charge in [0.25, 0.3) is 5.91 Å². The Morgan fingerprint density at radius 3 is 2.76 bits per heavy atom. The van der Waals surface area contributed by atoms with Crippen LogP contribution in [0.5, 0.6) is 0 Å². The predicted octanol–water partition coefficient (Wildman–Crippen LogP) is 0.0377. The fourth-order valence-corrected chi connectivity index (χ4v) is 5.46. The van der Waals surface area contributed by atoms with Crippen LogP contribution >= 0.6 is 11.3 Å². The number of piperazine rings is 1. The summed E-state index contributed by atoms with van der Waals surface area (Å²) in [5.74, 6) is 0.857. The fraction of sp³-hybridized carbons (Fsp3) is 0.360. The summed E-state index contributed by atoms with van der Waals surface area (Å²) < 4.78 is 1.77. The van der Waals surface area contributed by atoms with E-state index in [2.05, 4.69) is 31.9 Å². The van der Waals surface area contributed by atoms with E-state index in [1.807, 2.05) is 23.1 Å². The van der Waals surface area contributed by atoms with E-state index < -0.39 is 0 Å². The third-order valence-electron chi connectivity index (χ3n) is 6.71. The first-order chi connectivity index (χ1) is 18.0. The van der Waals surface area contributed by atoms with Crippen molar-refractivity contribution in [1.82, 2.24) is 34.4 Å². The van der Waals surface area contributed by atoms with Crippen molar-refractivity contribution in [3.05, 3.63) is 56.0 Å². The Balaban J connectivity index is 1.33. The van der Waals surface area contributed by atoms with Crippen LogP contribution in [0.1, 0.15) is 28.1 Å². The summed E-state index contributed by atoms with van der Waals surface area (Å²) in [5, 5.41) is 18.3. The van der Waals surface area contributed by atoms with E-state index in [1.165, 1.54) is 11.3 Å². The number of β-amino-alcohol motifs (C(OH)–C–C–N with tert-alkyl or cyclic N) is 1. The van der Waals surface area contributed by atoms with Gasteiger partial charge in [0.05, 0.1) is 39.0 Å². The van der Waals surface area contributed by atoms with E-state index in [0.717, 1.165) is 47.9 Å². The maximum atomic E-state index is 13.2. The van der Waals surface area contributed by atoms with Crippen molar-refractivity contribution in [3.63, 3.8) is 0 Å². The summed E-state index contributed by atoms with van der Waals surface area (Å²) in [6.07, 6.45) is 5.74. The molecule has 1 saturated carbocycles. The third kappa shape index (κ3) is 4.82. The average Bonchev–Trinajstić information content (AvgIpc) is 3.26.